The molecule has 21 heavy (non-hydrogen) atoms. The van der Waals surface area contributed by atoms with E-state index in [9.17, 15) is 0 Å². The molecule has 1 aromatic carbocycles. The lowest BCUT2D eigenvalue weighted by atomic mass is 10.1. The number of hydrogen-bond acceptors (Lipinski definition) is 2. The van der Waals surface area contributed by atoms with Crippen LogP contribution in [0.1, 0.15) is 38.8 Å². The number of hydrogen-bond donors (Lipinski definition) is 0. The van der Waals surface area contributed by atoms with E-state index in [4.69, 9.17) is 16.6 Å². The Morgan fingerprint density at radius 1 is 1.29 bits per heavy atom. The number of aromatic nitrogens is 1. The van der Waals surface area contributed by atoms with E-state index in [0.29, 0.717) is 17.8 Å². The molecule has 0 spiro atoms. The summed E-state index contributed by atoms with van der Waals surface area (Å²) in [5.74, 6) is 2.32. The van der Waals surface area contributed by atoms with Crippen molar-refractivity contribution in [2.24, 2.45) is 5.92 Å². The number of fused-ring (bicyclic) bond motifs is 1. The fraction of sp³-hybridized carbons (Fsp3) is 0.500. The van der Waals surface area contributed by atoms with Crippen LogP contribution >= 0.6 is 11.6 Å². The van der Waals surface area contributed by atoms with Crippen LogP contribution in [-0.4, -0.2) is 17.6 Å². The summed E-state index contributed by atoms with van der Waals surface area (Å²) in [6.07, 6.45) is 3.79. The lowest BCUT2D eigenvalue weighted by Crippen LogP contribution is -2.29. The predicted octanol–water partition coefficient (Wildman–Crippen LogP) is 4.99. The summed E-state index contributed by atoms with van der Waals surface area (Å²) in [5.41, 5.74) is 0.973. The lowest BCUT2D eigenvalue weighted by molar-refractivity contribution is 0.569. The van der Waals surface area contributed by atoms with Crippen LogP contribution in [-0.2, 0) is 5.88 Å². The normalized spacial score (nSPS) is 14.9. The summed E-state index contributed by atoms with van der Waals surface area (Å²) in [4.78, 5) is 7.37. The van der Waals surface area contributed by atoms with Crippen LogP contribution in [0.5, 0.6) is 0 Å². The zero-order valence-electron chi connectivity index (χ0n) is 12.8. The van der Waals surface area contributed by atoms with E-state index in [-0.39, 0.29) is 0 Å². The molecule has 1 aliphatic rings. The Kier molecular flexibility index (Phi) is 4.34. The first-order chi connectivity index (χ1) is 10.2. The van der Waals surface area contributed by atoms with Crippen molar-refractivity contribution in [3.63, 3.8) is 0 Å². The summed E-state index contributed by atoms with van der Waals surface area (Å²) in [6.45, 7) is 5.66. The topological polar surface area (TPSA) is 16.1 Å². The van der Waals surface area contributed by atoms with Crippen molar-refractivity contribution in [2.75, 3.05) is 11.4 Å². The van der Waals surface area contributed by atoms with Crippen LogP contribution in [0.25, 0.3) is 10.8 Å². The van der Waals surface area contributed by atoms with Crippen molar-refractivity contribution in [1.29, 1.82) is 0 Å². The van der Waals surface area contributed by atoms with Crippen molar-refractivity contribution in [1.82, 2.24) is 4.98 Å². The molecule has 0 atom stereocenters. The Bertz CT molecular complexity index is 620. The van der Waals surface area contributed by atoms with Gasteiger partial charge in [0.2, 0.25) is 0 Å². The van der Waals surface area contributed by atoms with E-state index in [1.165, 1.54) is 30.0 Å². The predicted molar refractivity (Wildman–Crippen MR) is 91.1 cm³/mol. The van der Waals surface area contributed by atoms with Crippen LogP contribution in [0.2, 0.25) is 0 Å². The maximum absolute atomic E-state index is 6.05. The summed E-state index contributed by atoms with van der Waals surface area (Å²) in [7, 11) is 0. The Balaban J connectivity index is 2.02. The maximum Gasteiger partial charge on any atom is 0.137 e. The molecule has 1 saturated carbocycles. The molecule has 0 N–H and O–H groups in total. The van der Waals surface area contributed by atoms with Gasteiger partial charge in [-0.15, -0.1) is 11.6 Å². The number of anilines is 1. The van der Waals surface area contributed by atoms with Gasteiger partial charge in [0.15, 0.2) is 0 Å². The van der Waals surface area contributed by atoms with Crippen molar-refractivity contribution < 1.29 is 0 Å². The van der Waals surface area contributed by atoms with Gasteiger partial charge >= 0.3 is 0 Å². The third kappa shape index (κ3) is 3.32. The molecule has 0 saturated heterocycles. The average molecular weight is 303 g/mol. The Morgan fingerprint density at radius 3 is 2.71 bits per heavy atom. The number of nitrogens with zero attached hydrogens (tertiary/aromatic N) is 2. The van der Waals surface area contributed by atoms with E-state index in [2.05, 4.69) is 49.1 Å². The van der Waals surface area contributed by atoms with Gasteiger partial charge in [0.05, 0.1) is 11.6 Å². The van der Waals surface area contributed by atoms with Crippen LogP contribution in [0, 0.1) is 5.92 Å². The molecule has 1 fully saturated rings. The fourth-order valence-electron chi connectivity index (χ4n) is 2.77. The molecular formula is C18H23ClN2. The number of halogens is 1. The first-order valence-corrected chi connectivity index (χ1v) is 8.43. The number of rotatable bonds is 6. The Hall–Kier alpha value is -1.28. The first kappa shape index (κ1) is 14.6. The third-order valence-electron chi connectivity index (χ3n) is 4.12. The SMILES string of the molecule is CC(C)CCN(c1nc(CCl)cc2ccccc12)C1CC1. The van der Waals surface area contributed by atoms with Crippen LogP contribution < -0.4 is 4.90 Å². The van der Waals surface area contributed by atoms with Gasteiger partial charge < -0.3 is 4.90 Å². The average Bonchev–Trinajstić information content (AvgIpc) is 3.31. The summed E-state index contributed by atoms with van der Waals surface area (Å²) in [5, 5.41) is 2.50. The van der Waals surface area contributed by atoms with Gasteiger partial charge in [0.25, 0.3) is 0 Å². The second-order valence-corrected chi connectivity index (χ2v) is 6.67. The maximum atomic E-state index is 6.05. The monoisotopic (exact) mass is 302 g/mol. The van der Waals surface area contributed by atoms with Gasteiger partial charge in [-0.1, -0.05) is 38.1 Å². The zero-order chi connectivity index (χ0) is 14.8. The number of pyridine rings is 1. The van der Waals surface area contributed by atoms with Gasteiger partial charge in [-0.3, -0.25) is 0 Å². The smallest absolute Gasteiger partial charge is 0.137 e. The summed E-state index contributed by atoms with van der Waals surface area (Å²) in [6, 6.07) is 11.3. The second kappa shape index (κ2) is 6.23. The van der Waals surface area contributed by atoms with Crippen molar-refractivity contribution in [3.05, 3.63) is 36.0 Å². The lowest BCUT2D eigenvalue weighted by Gasteiger charge is -2.26. The largest absolute Gasteiger partial charge is 0.353 e. The standard InChI is InChI=1S/C18H23ClN2/c1-13(2)9-10-21(16-7-8-16)18-17-6-4-3-5-14(17)11-15(12-19)20-18/h3-6,11,13,16H,7-10,12H2,1-2H3. The summed E-state index contributed by atoms with van der Waals surface area (Å²) < 4.78 is 0. The van der Waals surface area contributed by atoms with Crippen LogP contribution in [0.4, 0.5) is 5.82 Å². The third-order valence-corrected chi connectivity index (χ3v) is 4.39. The van der Waals surface area contributed by atoms with E-state index in [1.54, 1.807) is 0 Å². The minimum absolute atomic E-state index is 0.473. The molecule has 0 unspecified atom stereocenters. The van der Waals surface area contributed by atoms with E-state index >= 15 is 0 Å². The van der Waals surface area contributed by atoms with E-state index in [0.717, 1.165) is 18.1 Å². The molecule has 3 rings (SSSR count). The molecular weight excluding hydrogens is 280 g/mol. The molecule has 0 bridgehead atoms. The van der Waals surface area contributed by atoms with Gasteiger partial charge in [-0.25, -0.2) is 4.98 Å². The first-order valence-electron chi connectivity index (χ1n) is 7.90. The van der Waals surface area contributed by atoms with Crippen LogP contribution in [0.15, 0.2) is 30.3 Å². The van der Waals surface area contributed by atoms with Gasteiger partial charge in [-0.2, -0.15) is 0 Å². The Morgan fingerprint density at radius 2 is 2.05 bits per heavy atom. The molecule has 2 nitrogen and oxygen atoms in total. The van der Waals surface area contributed by atoms with Gasteiger partial charge in [-0.05, 0) is 36.6 Å². The highest BCUT2D eigenvalue weighted by molar-refractivity contribution is 6.17. The molecule has 112 valence electrons. The molecule has 0 radical (unpaired) electrons. The molecule has 1 heterocycles. The van der Waals surface area contributed by atoms with E-state index < -0.39 is 0 Å². The fourth-order valence-corrected chi connectivity index (χ4v) is 2.90. The Labute approximate surface area is 132 Å². The quantitative estimate of drug-likeness (QED) is 0.699. The molecule has 3 heteroatoms. The van der Waals surface area contributed by atoms with E-state index in [1.807, 2.05) is 0 Å². The van der Waals surface area contributed by atoms with Crippen molar-refractivity contribution in [2.45, 2.75) is 45.0 Å². The number of alkyl halides is 1. The van der Waals surface area contributed by atoms with Gasteiger partial charge in [0, 0.05) is 18.0 Å². The number of benzene rings is 1. The van der Waals surface area contributed by atoms with Gasteiger partial charge in [0.1, 0.15) is 5.82 Å². The second-order valence-electron chi connectivity index (χ2n) is 6.40. The molecule has 0 aliphatic heterocycles. The molecule has 1 aromatic heterocycles. The molecule has 2 aromatic rings. The highest BCUT2D eigenvalue weighted by Gasteiger charge is 2.31. The van der Waals surface area contributed by atoms with Crippen molar-refractivity contribution >= 4 is 28.2 Å². The molecule has 1 aliphatic carbocycles. The minimum Gasteiger partial charge on any atom is -0.353 e. The molecule has 0 amide bonds. The highest BCUT2D eigenvalue weighted by Crippen LogP contribution is 2.35. The minimum atomic E-state index is 0.473. The van der Waals surface area contributed by atoms with Crippen molar-refractivity contribution in [3.8, 4) is 0 Å². The van der Waals surface area contributed by atoms with Crippen LogP contribution in [0.3, 0.4) is 0 Å². The summed E-state index contributed by atoms with van der Waals surface area (Å²) >= 11 is 6.05. The highest BCUT2D eigenvalue weighted by atomic mass is 35.5. The zero-order valence-corrected chi connectivity index (χ0v) is 13.6.